The second-order valence-corrected chi connectivity index (χ2v) is 4.62. The quantitative estimate of drug-likeness (QED) is 0.847. The first-order chi connectivity index (χ1) is 9.37. The van der Waals surface area contributed by atoms with E-state index in [0.717, 1.165) is 18.4 Å². The number of nitrogens with zero attached hydrogens (tertiary/aromatic N) is 3. The summed E-state index contributed by atoms with van der Waals surface area (Å²) in [6.45, 7) is 0.688. The molecule has 5 nitrogen and oxygen atoms in total. The van der Waals surface area contributed by atoms with E-state index in [-0.39, 0.29) is 6.04 Å². The van der Waals surface area contributed by atoms with Gasteiger partial charge in [0.25, 0.3) is 0 Å². The smallest absolute Gasteiger partial charge is 0.217 e. The lowest BCUT2D eigenvalue weighted by molar-refractivity contribution is -0.278. The molecule has 2 unspecified atom stereocenters. The zero-order chi connectivity index (χ0) is 13.1. The van der Waals surface area contributed by atoms with Crippen LogP contribution in [0.3, 0.4) is 0 Å². The van der Waals surface area contributed by atoms with Crippen molar-refractivity contribution in [2.45, 2.75) is 24.7 Å². The van der Waals surface area contributed by atoms with Crippen molar-refractivity contribution >= 4 is 0 Å². The molecule has 0 spiro atoms. The molecule has 1 aromatic carbocycles. The van der Waals surface area contributed by atoms with Crippen LogP contribution in [-0.2, 0) is 15.3 Å². The highest BCUT2D eigenvalue weighted by atomic mass is 16.7. The largest absolute Gasteiger partial charge is 0.348 e. The molecule has 0 radical (unpaired) electrons. The van der Waals surface area contributed by atoms with Crippen molar-refractivity contribution in [1.82, 2.24) is 14.8 Å². The Bertz CT molecular complexity index is 515. The summed E-state index contributed by atoms with van der Waals surface area (Å²) in [6, 6.07) is 10.0. The van der Waals surface area contributed by atoms with Crippen molar-refractivity contribution in [2.24, 2.45) is 0 Å². The number of benzene rings is 1. The molecule has 0 N–H and O–H groups in total. The highest BCUT2D eigenvalue weighted by Crippen LogP contribution is 2.43. The van der Waals surface area contributed by atoms with E-state index in [0.29, 0.717) is 6.61 Å². The van der Waals surface area contributed by atoms with Crippen LogP contribution in [0.1, 0.15) is 24.4 Å². The van der Waals surface area contributed by atoms with E-state index in [4.69, 9.17) is 9.47 Å². The molecule has 100 valence electrons. The first-order valence-electron chi connectivity index (χ1n) is 6.45. The van der Waals surface area contributed by atoms with Gasteiger partial charge in [-0.3, -0.25) is 0 Å². The zero-order valence-corrected chi connectivity index (χ0v) is 10.9. The molecule has 1 aliphatic rings. The van der Waals surface area contributed by atoms with Crippen LogP contribution in [0.5, 0.6) is 0 Å². The fourth-order valence-electron chi connectivity index (χ4n) is 2.73. The zero-order valence-electron chi connectivity index (χ0n) is 10.9. The maximum atomic E-state index is 6.03. The van der Waals surface area contributed by atoms with Crippen molar-refractivity contribution in [1.29, 1.82) is 0 Å². The number of rotatable bonds is 3. The molecule has 5 heteroatoms. The summed E-state index contributed by atoms with van der Waals surface area (Å²) in [5, 5.41) is 4.25. The third-order valence-electron chi connectivity index (χ3n) is 3.61. The van der Waals surface area contributed by atoms with Gasteiger partial charge in [0.2, 0.25) is 5.79 Å². The standard InChI is InChI=1S/C14H17N3O2/c1-18-14(12-6-3-2-4-7-12)13(8-5-9-19-14)17-11-15-10-16-17/h2-4,6-7,10-11,13H,5,8-9H2,1H3. The summed E-state index contributed by atoms with van der Waals surface area (Å²) in [6.07, 6.45) is 5.20. The molecule has 19 heavy (non-hydrogen) atoms. The molecule has 0 amide bonds. The molecular formula is C14H17N3O2. The van der Waals surface area contributed by atoms with Gasteiger partial charge in [0.05, 0.1) is 6.61 Å². The van der Waals surface area contributed by atoms with Gasteiger partial charge in [-0.15, -0.1) is 0 Å². The second-order valence-electron chi connectivity index (χ2n) is 4.62. The number of aromatic nitrogens is 3. The van der Waals surface area contributed by atoms with Crippen molar-refractivity contribution in [2.75, 3.05) is 13.7 Å². The average molecular weight is 259 g/mol. The molecule has 1 aliphatic heterocycles. The van der Waals surface area contributed by atoms with Crippen molar-refractivity contribution in [3.63, 3.8) is 0 Å². The lowest BCUT2D eigenvalue weighted by Crippen LogP contribution is -2.44. The monoisotopic (exact) mass is 259 g/mol. The molecule has 1 fully saturated rings. The molecule has 1 aromatic heterocycles. The minimum Gasteiger partial charge on any atom is -0.348 e. The van der Waals surface area contributed by atoms with Crippen LogP contribution in [0.15, 0.2) is 43.0 Å². The third-order valence-corrected chi connectivity index (χ3v) is 3.61. The minimum absolute atomic E-state index is 0.00356. The minimum atomic E-state index is -0.785. The van der Waals surface area contributed by atoms with E-state index in [1.807, 2.05) is 35.0 Å². The van der Waals surface area contributed by atoms with Crippen LogP contribution < -0.4 is 0 Å². The highest BCUT2D eigenvalue weighted by molar-refractivity contribution is 5.22. The molecule has 1 saturated heterocycles. The lowest BCUT2D eigenvalue weighted by atomic mass is 9.92. The Kier molecular flexibility index (Phi) is 3.31. The van der Waals surface area contributed by atoms with E-state index in [1.165, 1.54) is 0 Å². The van der Waals surface area contributed by atoms with Gasteiger partial charge in [0.15, 0.2) is 0 Å². The van der Waals surface area contributed by atoms with E-state index in [9.17, 15) is 0 Å². The SMILES string of the molecule is COC1(c2ccccc2)OCCCC1n1cncn1. The molecular weight excluding hydrogens is 242 g/mol. The summed E-state index contributed by atoms with van der Waals surface area (Å²) in [5.41, 5.74) is 1.01. The van der Waals surface area contributed by atoms with E-state index in [1.54, 1.807) is 19.8 Å². The van der Waals surface area contributed by atoms with Gasteiger partial charge in [-0.25, -0.2) is 9.67 Å². The Morgan fingerprint density at radius 3 is 2.89 bits per heavy atom. The van der Waals surface area contributed by atoms with Crippen LogP contribution in [0, 0.1) is 0 Å². The van der Waals surface area contributed by atoms with Crippen LogP contribution in [0.25, 0.3) is 0 Å². The Morgan fingerprint density at radius 2 is 2.21 bits per heavy atom. The fraction of sp³-hybridized carbons (Fsp3) is 0.429. The number of hydrogen-bond donors (Lipinski definition) is 0. The van der Waals surface area contributed by atoms with E-state index in [2.05, 4.69) is 10.1 Å². The van der Waals surface area contributed by atoms with Gasteiger partial charge in [-0.1, -0.05) is 30.3 Å². The van der Waals surface area contributed by atoms with Gasteiger partial charge in [0, 0.05) is 12.7 Å². The summed E-state index contributed by atoms with van der Waals surface area (Å²) < 4.78 is 13.6. The first kappa shape index (κ1) is 12.3. The Labute approximate surface area is 112 Å². The first-order valence-corrected chi connectivity index (χ1v) is 6.45. The van der Waals surface area contributed by atoms with E-state index >= 15 is 0 Å². The summed E-state index contributed by atoms with van der Waals surface area (Å²) in [4.78, 5) is 4.03. The van der Waals surface area contributed by atoms with Gasteiger partial charge in [0.1, 0.15) is 18.7 Å². The molecule has 2 atom stereocenters. The number of methoxy groups -OCH3 is 1. The average Bonchev–Trinajstić information content (AvgIpc) is 3.02. The summed E-state index contributed by atoms with van der Waals surface area (Å²) >= 11 is 0. The summed E-state index contributed by atoms with van der Waals surface area (Å²) in [5.74, 6) is -0.785. The predicted molar refractivity (Wildman–Crippen MR) is 69.4 cm³/mol. The van der Waals surface area contributed by atoms with E-state index < -0.39 is 5.79 Å². The van der Waals surface area contributed by atoms with Gasteiger partial charge >= 0.3 is 0 Å². The summed E-state index contributed by atoms with van der Waals surface area (Å²) in [7, 11) is 1.68. The number of ether oxygens (including phenoxy) is 2. The molecule has 3 rings (SSSR count). The maximum Gasteiger partial charge on any atom is 0.217 e. The van der Waals surface area contributed by atoms with Crippen molar-refractivity contribution < 1.29 is 9.47 Å². The van der Waals surface area contributed by atoms with Crippen LogP contribution in [-0.4, -0.2) is 28.5 Å². The fourth-order valence-corrected chi connectivity index (χ4v) is 2.73. The molecule has 2 heterocycles. The molecule has 0 aliphatic carbocycles. The Morgan fingerprint density at radius 1 is 1.37 bits per heavy atom. The van der Waals surface area contributed by atoms with Crippen LogP contribution >= 0.6 is 0 Å². The lowest BCUT2D eigenvalue weighted by Gasteiger charge is -2.42. The number of hydrogen-bond acceptors (Lipinski definition) is 4. The second kappa shape index (κ2) is 5.11. The van der Waals surface area contributed by atoms with Gasteiger partial charge < -0.3 is 9.47 Å². The molecule has 0 saturated carbocycles. The molecule has 0 bridgehead atoms. The normalized spacial score (nSPS) is 27.3. The Balaban J connectivity index is 2.06. The van der Waals surface area contributed by atoms with Crippen LogP contribution in [0.4, 0.5) is 0 Å². The Hall–Kier alpha value is -1.72. The highest BCUT2D eigenvalue weighted by Gasteiger charge is 2.45. The van der Waals surface area contributed by atoms with Crippen LogP contribution in [0.2, 0.25) is 0 Å². The predicted octanol–water partition coefficient (Wildman–Crippen LogP) is 2.13. The van der Waals surface area contributed by atoms with Gasteiger partial charge in [-0.2, -0.15) is 5.10 Å². The van der Waals surface area contributed by atoms with Crippen molar-refractivity contribution in [3.05, 3.63) is 48.5 Å². The van der Waals surface area contributed by atoms with Gasteiger partial charge in [-0.05, 0) is 12.8 Å². The van der Waals surface area contributed by atoms with Crippen molar-refractivity contribution in [3.8, 4) is 0 Å². The molecule has 2 aromatic rings. The maximum absolute atomic E-state index is 6.03. The topological polar surface area (TPSA) is 49.2 Å². The third kappa shape index (κ3) is 2.05.